The van der Waals surface area contributed by atoms with Gasteiger partial charge in [0, 0.05) is 11.1 Å². The summed E-state index contributed by atoms with van der Waals surface area (Å²) in [5.74, 6) is -1.11. The molecule has 0 aromatic heterocycles. The maximum absolute atomic E-state index is 10.9. The molecule has 0 atom stereocenters. The molecule has 0 spiro atoms. The molecule has 0 saturated heterocycles. The lowest BCUT2D eigenvalue weighted by atomic mass is 10.0. The lowest BCUT2D eigenvalue weighted by Crippen LogP contribution is -2.15. The second-order valence-electron chi connectivity index (χ2n) is 2.73. The van der Waals surface area contributed by atoms with E-state index in [2.05, 4.69) is 6.58 Å². The minimum atomic E-state index is -0.559. The second-order valence-corrected chi connectivity index (χ2v) is 2.73. The van der Waals surface area contributed by atoms with Gasteiger partial charge >= 0.3 is 0 Å². The molecule has 0 heterocycles. The van der Waals surface area contributed by atoms with Crippen LogP contribution in [-0.2, 0) is 0 Å². The molecule has 4 heteroatoms. The Hall–Kier alpha value is -2.10. The lowest BCUT2D eigenvalue weighted by molar-refractivity contribution is 0.0988. The molecule has 0 radical (unpaired) electrons. The van der Waals surface area contributed by atoms with Crippen LogP contribution in [-0.4, -0.2) is 11.8 Å². The first-order valence-corrected chi connectivity index (χ1v) is 3.92. The molecule has 0 aliphatic heterocycles. The van der Waals surface area contributed by atoms with Crippen molar-refractivity contribution in [2.75, 3.05) is 0 Å². The highest BCUT2D eigenvalue weighted by atomic mass is 16.1. The van der Waals surface area contributed by atoms with Gasteiger partial charge in [0.05, 0.1) is 0 Å². The molecular formula is C10H10N2O2. The summed E-state index contributed by atoms with van der Waals surface area (Å²) >= 11 is 0. The van der Waals surface area contributed by atoms with E-state index in [1.807, 2.05) is 0 Å². The van der Waals surface area contributed by atoms with Crippen LogP contribution in [0.3, 0.4) is 0 Å². The number of amides is 2. The lowest BCUT2D eigenvalue weighted by Gasteiger charge is -2.03. The van der Waals surface area contributed by atoms with Gasteiger partial charge in [0.1, 0.15) is 0 Å². The molecule has 14 heavy (non-hydrogen) atoms. The molecule has 1 aromatic rings. The molecule has 1 rings (SSSR count). The van der Waals surface area contributed by atoms with Crippen LogP contribution in [0.5, 0.6) is 0 Å². The van der Waals surface area contributed by atoms with Crippen molar-refractivity contribution < 1.29 is 9.59 Å². The number of hydrogen-bond acceptors (Lipinski definition) is 2. The van der Waals surface area contributed by atoms with Crippen molar-refractivity contribution in [2.45, 2.75) is 0 Å². The van der Waals surface area contributed by atoms with E-state index in [0.29, 0.717) is 16.7 Å². The maximum atomic E-state index is 10.9. The fourth-order valence-electron chi connectivity index (χ4n) is 1.11. The Balaban J connectivity index is 3.32. The van der Waals surface area contributed by atoms with E-state index in [9.17, 15) is 9.59 Å². The van der Waals surface area contributed by atoms with E-state index in [1.54, 1.807) is 0 Å². The summed E-state index contributed by atoms with van der Waals surface area (Å²) in [5, 5.41) is 0. The van der Waals surface area contributed by atoms with Gasteiger partial charge in [-0.3, -0.25) is 9.59 Å². The number of rotatable bonds is 3. The monoisotopic (exact) mass is 190 g/mol. The van der Waals surface area contributed by atoms with Crippen molar-refractivity contribution in [3.05, 3.63) is 41.5 Å². The molecule has 0 aliphatic rings. The highest BCUT2D eigenvalue weighted by Gasteiger charge is 2.08. The van der Waals surface area contributed by atoms with Gasteiger partial charge in [0.25, 0.3) is 0 Å². The zero-order chi connectivity index (χ0) is 10.7. The normalized spacial score (nSPS) is 9.43. The summed E-state index contributed by atoms with van der Waals surface area (Å²) in [7, 11) is 0. The molecule has 4 N–H and O–H groups in total. The van der Waals surface area contributed by atoms with E-state index in [-0.39, 0.29) is 0 Å². The molecule has 0 aliphatic carbocycles. The summed E-state index contributed by atoms with van der Waals surface area (Å²) in [6.45, 7) is 3.51. The Labute approximate surface area is 81.2 Å². The average Bonchev–Trinajstić information content (AvgIpc) is 2.16. The molecule has 0 bridgehead atoms. The third-order valence-electron chi connectivity index (χ3n) is 1.82. The van der Waals surface area contributed by atoms with Crippen LogP contribution in [0.15, 0.2) is 24.8 Å². The van der Waals surface area contributed by atoms with E-state index in [1.165, 1.54) is 24.3 Å². The summed E-state index contributed by atoms with van der Waals surface area (Å²) in [6, 6.07) is 4.39. The molecule has 2 amide bonds. The van der Waals surface area contributed by atoms with Crippen molar-refractivity contribution in [3.63, 3.8) is 0 Å². The molecule has 1 aromatic carbocycles. The van der Waals surface area contributed by atoms with Crippen LogP contribution in [0.2, 0.25) is 0 Å². The van der Waals surface area contributed by atoms with E-state index in [0.717, 1.165) is 0 Å². The quantitative estimate of drug-likeness (QED) is 0.728. The minimum absolute atomic E-state index is 0.324. The van der Waals surface area contributed by atoms with Gasteiger partial charge in [-0.15, -0.1) is 0 Å². The average molecular weight is 190 g/mol. The number of primary amides is 2. The van der Waals surface area contributed by atoms with Crippen LogP contribution < -0.4 is 11.5 Å². The Morgan fingerprint density at radius 2 is 1.86 bits per heavy atom. The first kappa shape index (κ1) is 9.98. The summed E-state index contributed by atoms with van der Waals surface area (Å²) in [4.78, 5) is 21.7. The van der Waals surface area contributed by atoms with Crippen molar-refractivity contribution in [1.82, 2.24) is 0 Å². The third kappa shape index (κ3) is 1.80. The van der Waals surface area contributed by atoms with Crippen LogP contribution in [0.1, 0.15) is 26.3 Å². The van der Waals surface area contributed by atoms with Crippen molar-refractivity contribution in [1.29, 1.82) is 0 Å². The van der Waals surface area contributed by atoms with Gasteiger partial charge in [-0.05, 0) is 23.8 Å². The molecule has 0 unspecified atom stereocenters. The molecule has 4 nitrogen and oxygen atoms in total. The molecular weight excluding hydrogens is 180 g/mol. The van der Waals surface area contributed by atoms with Gasteiger partial charge < -0.3 is 11.5 Å². The second kappa shape index (κ2) is 3.74. The highest BCUT2D eigenvalue weighted by molar-refractivity contribution is 5.99. The highest BCUT2D eigenvalue weighted by Crippen LogP contribution is 2.12. The molecule has 0 fully saturated rings. The van der Waals surface area contributed by atoms with E-state index in [4.69, 9.17) is 11.5 Å². The Bertz CT molecular complexity index is 411. The van der Waals surface area contributed by atoms with Gasteiger partial charge in [0.2, 0.25) is 11.8 Å². The summed E-state index contributed by atoms with van der Waals surface area (Å²) < 4.78 is 0. The Kier molecular flexibility index (Phi) is 2.67. The first-order chi connectivity index (χ1) is 6.56. The summed E-state index contributed by atoms with van der Waals surface area (Å²) in [5.41, 5.74) is 11.3. The van der Waals surface area contributed by atoms with Gasteiger partial charge in [-0.2, -0.15) is 0 Å². The Morgan fingerprint density at radius 1 is 1.21 bits per heavy atom. The predicted molar refractivity (Wildman–Crippen MR) is 53.6 cm³/mol. The van der Waals surface area contributed by atoms with Gasteiger partial charge in [-0.25, -0.2) is 0 Å². The zero-order valence-electron chi connectivity index (χ0n) is 7.49. The van der Waals surface area contributed by atoms with Crippen molar-refractivity contribution >= 4 is 17.9 Å². The number of carbonyl (C=O) groups excluding carboxylic acids is 2. The number of carbonyl (C=O) groups is 2. The minimum Gasteiger partial charge on any atom is -0.366 e. The van der Waals surface area contributed by atoms with Crippen molar-refractivity contribution in [3.8, 4) is 0 Å². The SMILES string of the molecule is C=Cc1cc(C(N)=O)ccc1C(N)=O. The fourth-order valence-corrected chi connectivity index (χ4v) is 1.11. The third-order valence-corrected chi connectivity index (χ3v) is 1.82. The van der Waals surface area contributed by atoms with Gasteiger partial charge in [0.15, 0.2) is 0 Å². The fraction of sp³-hybridized carbons (Fsp3) is 0. The van der Waals surface area contributed by atoms with Crippen LogP contribution in [0, 0.1) is 0 Å². The predicted octanol–water partition coefficient (Wildman–Crippen LogP) is 0.527. The topological polar surface area (TPSA) is 86.2 Å². The van der Waals surface area contributed by atoms with Crippen LogP contribution in [0.25, 0.3) is 6.08 Å². The maximum Gasteiger partial charge on any atom is 0.249 e. The standard InChI is InChI=1S/C10H10N2O2/c1-2-6-5-7(9(11)13)3-4-8(6)10(12)14/h2-5H,1H2,(H2,11,13)(H2,12,14). The smallest absolute Gasteiger partial charge is 0.249 e. The molecule has 0 saturated carbocycles. The van der Waals surface area contributed by atoms with E-state index >= 15 is 0 Å². The number of nitrogens with two attached hydrogens (primary N) is 2. The van der Waals surface area contributed by atoms with Crippen LogP contribution in [0.4, 0.5) is 0 Å². The van der Waals surface area contributed by atoms with Crippen molar-refractivity contribution in [2.24, 2.45) is 11.5 Å². The van der Waals surface area contributed by atoms with Gasteiger partial charge in [-0.1, -0.05) is 12.7 Å². The Morgan fingerprint density at radius 3 is 2.29 bits per heavy atom. The number of benzene rings is 1. The largest absolute Gasteiger partial charge is 0.366 e. The zero-order valence-corrected chi connectivity index (χ0v) is 7.49. The number of hydrogen-bond donors (Lipinski definition) is 2. The van der Waals surface area contributed by atoms with E-state index < -0.39 is 11.8 Å². The first-order valence-electron chi connectivity index (χ1n) is 3.92. The molecule has 72 valence electrons. The van der Waals surface area contributed by atoms with Crippen LogP contribution >= 0.6 is 0 Å². The summed E-state index contributed by atoms with van der Waals surface area (Å²) in [6.07, 6.45) is 1.45.